The first-order valence-electron chi connectivity index (χ1n) is 7.71. The molecular weight excluding hydrogens is 308 g/mol. The Balaban J connectivity index is 1.82. The second kappa shape index (κ2) is 6.23. The third kappa shape index (κ3) is 3.58. The normalized spacial score (nSPS) is 20.9. The van der Waals surface area contributed by atoms with E-state index < -0.39 is 10.0 Å². The lowest BCUT2D eigenvalue weighted by Crippen LogP contribution is -2.37. The van der Waals surface area contributed by atoms with Gasteiger partial charge in [0.25, 0.3) is 0 Å². The van der Waals surface area contributed by atoms with Gasteiger partial charge < -0.3 is 0 Å². The van der Waals surface area contributed by atoms with Gasteiger partial charge in [-0.2, -0.15) is 4.31 Å². The van der Waals surface area contributed by atoms with Crippen molar-refractivity contribution in [1.29, 1.82) is 0 Å². The number of rotatable bonds is 5. The van der Waals surface area contributed by atoms with Gasteiger partial charge in [0.05, 0.1) is 4.90 Å². The Hall–Kier alpha value is -0.650. The van der Waals surface area contributed by atoms with Gasteiger partial charge in [0.2, 0.25) is 10.0 Å². The number of hydrogen-bond donors (Lipinski definition) is 0. The van der Waals surface area contributed by atoms with Crippen molar-refractivity contribution >= 4 is 21.6 Å². The van der Waals surface area contributed by atoms with Gasteiger partial charge in [-0.05, 0) is 43.7 Å². The van der Waals surface area contributed by atoms with E-state index in [0.717, 1.165) is 25.7 Å². The van der Waals surface area contributed by atoms with Crippen LogP contribution in [0.15, 0.2) is 23.2 Å². The van der Waals surface area contributed by atoms with Crippen molar-refractivity contribution in [3.8, 4) is 0 Å². The molecule has 0 bridgehead atoms. The highest BCUT2D eigenvalue weighted by Crippen LogP contribution is 2.35. The van der Waals surface area contributed by atoms with Crippen molar-refractivity contribution in [3.63, 3.8) is 0 Å². The summed E-state index contributed by atoms with van der Waals surface area (Å²) >= 11 is 5.85. The molecule has 0 spiro atoms. The van der Waals surface area contributed by atoms with E-state index in [1.807, 2.05) is 0 Å². The summed E-state index contributed by atoms with van der Waals surface area (Å²) < 4.78 is 27.5. The topological polar surface area (TPSA) is 50.3 Å². The minimum atomic E-state index is -3.45. The maximum atomic E-state index is 12.9. The molecule has 0 saturated heterocycles. The third-order valence-electron chi connectivity index (χ3n) is 4.42. The zero-order valence-corrected chi connectivity index (χ0v) is 13.6. The van der Waals surface area contributed by atoms with Gasteiger partial charge >= 0.3 is 0 Å². The second-order valence-electron chi connectivity index (χ2n) is 6.12. The molecule has 0 amide bonds. The number of halogens is 1. The highest BCUT2D eigenvalue weighted by Gasteiger charge is 2.39. The van der Waals surface area contributed by atoms with Crippen LogP contribution in [0.4, 0.5) is 0 Å². The predicted molar refractivity (Wildman–Crippen MR) is 82.7 cm³/mol. The first kappa shape index (κ1) is 15.3. The van der Waals surface area contributed by atoms with E-state index in [2.05, 4.69) is 4.98 Å². The average Bonchev–Trinajstić information content (AvgIpc) is 3.30. The van der Waals surface area contributed by atoms with E-state index >= 15 is 0 Å². The van der Waals surface area contributed by atoms with Crippen molar-refractivity contribution in [3.05, 3.63) is 23.5 Å². The summed E-state index contributed by atoms with van der Waals surface area (Å²) in [4.78, 5) is 4.14. The van der Waals surface area contributed by atoms with E-state index in [1.165, 1.54) is 37.6 Å². The van der Waals surface area contributed by atoms with Crippen LogP contribution < -0.4 is 0 Å². The molecule has 3 rings (SSSR count). The molecule has 0 N–H and O–H groups in total. The Bertz CT molecular complexity index is 595. The number of hydrogen-bond acceptors (Lipinski definition) is 3. The molecule has 2 fully saturated rings. The second-order valence-corrected chi connectivity index (χ2v) is 8.40. The van der Waals surface area contributed by atoms with Gasteiger partial charge in [0.15, 0.2) is 0 Å². The smallest absolute Gasteiger partial charge is 0.243 e. The fraction of sp³-hybridized carbons (Fsp3) is 0.667. The molecule has 2 aliphatic carbocycles. The molecule has 6 heteroatoms. The van der Waals surface area contributed by atoms with Crippen molar-refractivity contribution in [2.24, 2.45) is 5.92 Å². The molecule has 1 heterocycles. The lowest BCUT2D eigenvalue weighted by molar-refractivity contribution is 0.274. The summed E-state index contributed by atoms with van der Waals surface area (Å²) in [7, 11) is -3.45. The van der Waals surface area contributed by atoms with Crippen molar-refractivity contribution in [1.82, 2.24) is 9.29 Å². The Morgan fingerprint density at radius 1 is 1.19 bits per heavy atom. The largest absolute Gasteiger partial charge is 0.244 e. The van der Waals surface area contributed by atoms with Gasteiger partial charge in [0.1, 0.15) is 5.15 Å². The van der Waals surface area contributed by atoms with Crippen LogP contribution in [0, 0.1) is 5.92 Å². The van der Waals surface area contributed by atoms with E-state index in [-0.39, 0.29) is 16.1 Å². The molecule has 0 atom stereocenters. The monoisotopic (exact) mass is 328 g/mol. The number of sulfonamides is 1. The highest BCUT2D eigenvalue weighted by atomic mass is 35.5. The molecule has 0 aliphatic heterocycles. The predicted octanol–water partition coefficient (Wildman–Crippen LogP) is 3.47. The molecule has 21 heavy (non-hydrogen) atoms. The molecule has 4 nitrogen and oxygen atoms in total. The van der Waals surface area contributed by atoms with Crippen LogP contribution in [0.25, 0.3) is 0 Å². The summed E-state index contributed by atoms with van der Waals surface area (Å²) in [6.45, 7) is 0.660. The first-order valence-corrected chi connectivity index (χ1v) is 9.52. The van der Waals surface area contributed by atoms with E-state index in [4.69, 9.17) is 11.6 Å². The first-order chi connectivity index (χ1) is 10.1. The maximum Gasteiger partial charge on any atom is 0.243 e. The van der Waals surface area contributed by atoms with Crippen LogP contribution in [0.3, 0.4) is 0 Å². The van der Waals surface area contributed by atoms with Crippen molar-refractivity contribution < 1.29 is 8.42 Å². The third-order valence-corrected chi connectivity index (χ3v) is 6.54. The number of pyridine rings is 1. The standard InChI is InChI=1S/C15H21ClN2O2S/c16-15-10-14(8-9-17-15)21(19,20)18(13-6-7-13)11-12-4-2-1-3-5-12/h8-10,12-13H,1-7,11H2. The summed E-state index contributed by atoms with van der Waals surface area (Å²) in [6.07, 6.45) is 9.45. The van der Waals surface area contributed by atoms with Crippen molar-refractivity contribution in [2.75, 3.05) is 6.54 Å². The fourth-order valence-corrected chi connectivity index (χ4v) is 5.12. The summed E-state index contributed by atoms with van der Waals surface area (Å²) in [5, 5.41) is 0.226. The fourth-order valence-electron chi connectivity index (χ4n) is 3.11. The Morgan fingerprint density at radius 3 is 2.52 bits per heavy atom. The van der Waals surface area contributed by atoms with E-state index in [0.29, 0.717) is 12.5 Å². The minimum absolute atomic E-state index is 0.184. The van der Waals surface area contributed by atoms with Gasteiger partial charge in [-0.3, -0.25) is 0 Å². The van der Waals surface area contributed by atoms with Crippen LogP contribution in [0.2, 0.25) is 5.15 Å². The molecule has 1 aromatic rings. The van der Waals surface area contributed by atoms with E-state index in [1.54, 1.807) is 4.31 Å². The quantitative estimate of drug-likeness (QED) is 0.778. The minimum Gasteiger partial charge on any atom is -0.244 e. The summed E-state index contributed by atoms with van der Waals surface area (Å²) in [5.41, 5.74) is 0. The van der Waals surface area contributed by atoms with Crippen LogP contribution in [0.1, 0.15) is 44.9 Å². The highest BCUT2D eigenvalue weighted by molar-refractivity contribution is 7.89. The van der Waals surface area contributed by atoms with Crippen molar-refractivity contribution in [2.45, 2.75) is 55.9 Å². The average molecular weight is 329 g/mol. The molecule has 1 aromatic heterocycles. The number of aromatic nitrogens is 1. The van der Waals surface area contributed by atoms with Gasteiger partial charge in [-0.15, -0.1) is 0 Å². The molecule has 0 aromatic carbocycles. The van der Waals surface area contributed by atoms with Crippen LogP contribution in [-0.4, -0.2) is 30.3 Å². The van der Waals surface area contributed by atoms with Crippen LogP contribution in [0.5, 0.6) is 0 Å². The Labute approximate surface area is 131 Å². The SMILES string of the molecule is O=S(=O)(c1ccnc(Cl)c1)N(CC1CCCCC1)C1CC1. The van der Waals surface area contributed by atoms with Gasteiger partial charge in [0, 0.05) is 18.8 Å². The molecule has 0 unspecified atom stereocenters. The van der Waals surface area contributed by atoms with Crippen LogP contribution in [-0.2, 0) is 10.0 Å². The zero-order valence-electron chi connectivity index (χ0n) is 12.0. The lowest BCUT2D eigenvalue weighted by Gasteiger charge is -2.29. The number of nitrogens with zero attached hydrogens (tertiary/aromatic N) is 2. The molecular formula is C15H21ClN2O2S. The molecule has 2 aliphatic rings. The van der Waals surface area contributed by atoms with E-state index in [9.17, 15) is 8.42 Å². The zero-order chi connectivity index (χ0) is 14.9. The van der Waals surface area contributed by atoms with Gasteiger partial charge in [-0.25, -0.2) is 13.4 Å². The Morgan fingerprint density at radius 2 is 1.90 bits per heavy atom. The maximum absolute atomic E-state index is 12.9. The van der Waals surface area contributed by atoms with Gasteiger partial charge in [-0.1, -0.05) is 30.9 Å². The molecule has 0 radical (unpaired) electrons. The summed E-state index contributed by atoms with van der Waals surface area (Å²) in [6, 6.07) is 3.17. The lowest BCUT2D eigenvalue weighted by atomic mass is 9.89. The Kier molecular flexibility index (Phi) is 4.52. The molecule has 2 saturated carbocycles. The molecule has 116 valence electrons. The summed E-state index contributed by atoms with van der Waals surface area (Å²) in [5.74, 6) is 0.506. The van der Waals surface area contributed by atoms with Crippen LogP contribution >= 0.6 is 11.6 Å².